The van der Waals surface area contributed by atoms with Gasteiger partial charge in [-0.3, -0.25) is 0 Å². The molecule has 0 heterocycles. The van der Waals surface area contributed by atoms with Gasteiger partial charge in [0.05, 0.1) is 11.7 Å². The van der Waals surface area contributed by atoms with Crippen molar-refractivity contribution in [2.24, 2.45) is 23.2 Å². The molecule has 27 heavy (non-hydrogen) atoms. The van der Waals surface area contributed by atoms with Crippen LogP contribution in [-0.4, -0.2) is 28.5 Å². The van der Waals surface area contributed by atoms with Crippen molar-refractivity contribution in [1.82, 2.24) is 0 Å². The molecule has 0 aliphatic heterocycles. The summed E-state index contributed by atoms with van der Waals surface area (Å²) in [5.74, 6) is 2.74. The molecule has 5 unspecified atom stereocenters. The Morgan fingerprint density at radius 3 is 2.70 bits per heavy atom. The molecular weight excluding hydrogens is 336 g/mol. The molecule has 0 saturated heterocycles. The highest BCUT2D eigenvalue weighted by molar-refractivity contribution is 5.40. The van der Waals surface area contributed by atoms with Crippen molar-refractivity contribution in [2.75, 3.05) is 6.61 Å². The fourth-order valence-electron chi connectivity index (χ4n) is 6.65. The fourth-order valence-corrected chi connectivity index (χ4v) is 6.65. The van der Waals surface area contributed by atoms with E-state index in [1.54, 1.807) is 0 Å². The first-order valence-corrected chi connectivity index (χ1v) is 10.8. The van der Waals surface area contributed by atoms with E-state index in [1.165, 1.54) is 17.5 Å². The van der Waals surface area contributed by atoms with Gasteiger partial charge in [-0.25, -0.2) is 0 Å². The van der Waals surface area contributed by atoms with Gasteiger partial charge in [-0.05, 0) is 112 Å². The molecule has 0 spiro atoms. The lowest BCUT2D eigenvalue weighted by molar-refractivity contribution is -0.0642. The molecule has 3 aliphatic rings. The zero-order valence-electron chi connectivity index (χ0n) is 17.4. The molecule has 3 heteroatoms. The summed E-state index contributed by atoms with van der Waals surface area (Å²) < 4.78 is 6.09. The summed E-state index contributed by atoms with van der Waals surface area (Å²) >= 11 is 0. The number of benzene rings is 1. The first kappa shape index (κ1) is 19.3. The number of phenols is 1. The van der Waals surface area contributed by atoms with Crippen molar-refractivity contribution in [3.05, 3.63) is 29.3 Å². The standard InChI is InChI=1S/C24H36O3/c1-23(2,3)27-12-11-16-14-24(4)20(9-10-21(24)26)19-7-5-15-13-17(25)6-8-18(15)22(16)19/h6,8,13,16,19-22,25-26H,5,7,9-12,14H2,1-4H3/t16-,19?,20?,21?,22?,24?/m0/s1. The first-order valence-electron chi connectivity index (χ1n) is 10.8. The Hall–Kier alpha value is -1.06. The third-order valence-electron chi connectivity index (χ3n) is 7.80. The van der Waals surface area contributed by atoms with Crippen LogP contribution in [-0.2, 0) is 11.2 Å². The minimum atomic E-state index is -0.157. The highest BCUT2D eigenvalue weighted by atomic mass is 16.5. The molecule has 4 rings (SSSR count). The number of hydrogen-bond acceptors (Lipinski definition) is 3. The van der Waals surface area contributed by atoms with Gasteiger partial charge >= 0.3 is 0 Å². The molecule has 2 saturated carbocycles. The van der Waals surface area contributed by atoms with Gasteiger partial charge in [0.2, 0.25) is 0 Å². The molecule has 2 fully saturated rings. The van der Waals surface area contributed by atoms with Crippen LogP contribution in [0, 0.1) is 23.2 Å². The summed E-state index contributed by atoms with van der Waals surface area (Å²) in [6.07, 6.45) is 6.34. The third kappa shape index (κ3) is 3.42. The van der Waals surface area contributed by atoms with E-state index in [4.69, 9.17) is 4.74 Å². The molecule has 6 atom stereocenters. The Morgan fingerprint density at radius 2 is 1.96 bits per heavy atom. The summed E-state index contributed by atoms with van der Waals surface area (Å²) in [7, 11) is 0. The van der Waals surface area contributed by atoms with Crippen LogP contribution in [0.1, 0.15) is 76.8 Å². The van der Waals surface area contributed by atoms with Crippen molar-refractivity contribution < 1.29 is 14.9 Å². The van der Waals surface area contributed by atoms with Crippen LogP contribution < -0.4 is 0 Å². The normalized spacial score (nSPS) is 38.2. The van der Waals surface area contributed by atoms with Gasteiger partial charge in [0.15, 0.2) is 0 Å². The quantitative estimate of drug-likeness (QED) is 0.781. The van der Waals surface area contributed by atoms with Crippen LogP contribution in [0.3, 0.4) is 0 Å². The number of fused-ring (bicyclic) bond motifs is 5. The molecule has 1 aromatic rings. The lowest BCUT2D eigenvalue weighted by atomic mass is 9.51. The second-order valence-electron chi connectivity index (χ2n) is 10.5. The van der Waals surface area contributed by atoms with Crippen LogP contribution in [0.4, 0.5) is 0 Å². The number of ether oxygens (including phenoxy) is 1. The van der Waals surface area contributed by atoms with Crippen LogP contribution in [0.25, 0.3) is 0 Å². The molecule has 2 N–H and O–H groups in total. The minimum Gasteiger partial charge on any atom is -0.508 e. The number of aryl methyl sites for hydroxylation is 1. The maximum Gasteiger partial charge on any atom is 0.115 e. The molecule has 0 amide bonds. The van der Waals surface area contributed by atoms with Gasteiger partial charge in [0, 0.05) is 6.61 Å². The van der Waals surface area contributed by atoms with E-state index >= 15 is 0 Å². The zero-order valence-corrected chi connectivity index (χ0v) is 17.4. The number of aliphatic hydroxyl groups excluding tert-OH is 1. The number of phenolic OH excluding ortho intramolecular Hbond substituents is 1. The molecule has 1 aromatic carbocycles. The van der Waals surface area contributed by atoms with E-state index < -0.39 is 0 Å². The number of rotatable bonds is 3. The summed E-state index contributed by atoms with van der Waals surface area (Å²) in [6.45, 7) is 9.48. The fraction of sp³-hybridized carbons (Fsp3) is 0.750. The van der Waals surface area contributed by atoms with Gasteiger partial charge in [0.1, 0.15) is 5.75 Å². The zero-order chi connectivity index (χ0) is 19.4. The molecule has 0 bridgehead atoms. The van der Waals surface area contributed by atoms with Crippen LogP contribution in [0.5, 0.6) is 5.75 Å². The van der Waals surface area contributed by atoms with E-state index in [9.17, 15) is 10.2 Å². The predicted molar refractivity (Wildman–Crippen MR) is 108 cm³/mol. The van der Waals surface area contributed by atoms with E-state index in [2.05, 4.69) is 33.8 Å². The SMILES string of the molecule is CC(C)(C)OCC[C@H]1CC2(C)C(O)CCC2C2CCc3cc(O)ccc3C21. The van der Waals surface area contributed by atoms with Gasteiger partial charge in [0.25, 0.3) is 0 Å². The highest BCUT2D eigenvalue weighted by Crippen LogP contribution is 2.63. The van der Waals surface area contributed by atoms with E-state index in [1.807, 2.05) is 12.1 Å². The third-order valence-corrected chi connectivity index (χ3v) is 7.80. The lowest BCUT2D eigenvalue weighted by Crippen LogP contribution is -2.48. The second kappa shape index (κ2) is 6.77. The summed E-state index contributed by atoms with van der Waals surface area (Å²) in [5, 5.41) is 20.8. The number of hydrogen-bond donors (Lipinski definition) is 2. The Labute approximate surface area is 164 Å². The lowest BCUT2D eigenvalue weighted by Gasteiger charge is -2.54. The second-order valence-corrected chi connectivity index (χ2v) is 10.5. The first-order chi connectivity index (χ1) is 12.7. The van der Waals surface area contributed by atoms with Crippen LogP contribution in [0.15, 0.2) is 18.2 Å². The minimum absolute atomic E-state index is 0.0575. The smallest absolute Gasteiger partial charge is 0.115 e. The average Bonchev–Trinajstić information content (AvgIpc) is 2.88. The Kier molecular flexibility index (Phi) is 4.83. The van der Waals surface area contributed by atoms with Gasteiger partial charge < -0.3 is 14.9 Å². The van der Waals surface area contributed by atoms with Crippen molar-refractivity contribution in [1.29, 1.82) is 0 Å². The van der Waals surface area contributed by atoms with Gasteiger partial charge in [-0.2, -0.15) is 0 Å². The van der Waals surface area contributed by atoms with E-state index in [0.29, 0.717) is 29.4 Å². The van der Waals surface area contributed by atoms with Crippen molar-refractivity contribution >= 4 is 0 Å². The summed E-state index contributed by atoms with van der Waals surface area (Å²) in [4.78, 5) is 0. The summed E-state index contributed by atoms with van der Waals surface area (Å²) in [5.41, 5.74) is 2.74. The van der Waals surface area contributed by atoms with Gasteiger partial charge in [-0.1, -0.05) is 13.0 Å². The van der Waals surface area contributed by atoms with Crippen LogP contribution in [0.2, 0.25) is 0 Å². The molecule has 3 nitrogen and oxygen atoms in total. The Bertz CT molecular complexity index is 691. The molecule has 0 aromatic heterocycles. The monoisotopic (exact) mass is 372 g/mol. The summed E-state index contributed by atoms with van der Waals surface area (Å²) in [6, 6.07) is 6.01. The van der Waals surface area contributed by atoms with Crippen molar-refractivity contribution in [2.45, 2.75) is 83.8 Å². The van der Waals surface area contributed by atoms with Gasteiger partial charge in [-0.15, -0.1) is 0 Å². The highest BCUT2D eigenvalue weighted by Gasteiger charge is 2.57. The molecular formula is C24H36O3. The predicted octanol–water partition coefficient (Wildman–Crippen LogP) is 5.04. The molecule has 150 valence electrons. The van der Waals surface area contributed by atoms with E-state index in [0.717, 1.165) is 38.7 Å². The number of aliphatic hydroxyl groups is 1. The largest absolute Gasteiger partial charge is 0.508 e. The Morgan fingerprint density at radius 1 is 1.19 bits per heavy atom. The maximum atomic E-state index is 10.8. The maximum absolute atomic E-state index is 10.8. The topological polar surface area (TPSA) is 49.7 Å². The average molecular weight is 373 g/mol. The molecule has 0 radical (unpaired) electrons. The molecule has 3 aliphatic carbocycles. The van der Waals surface area contributed by atoms with E-state index in [-0.39, 0.29) is 17.1 Å². The van der Waals surface area contributed by atoms with Crippen molar-refractivity contribution in [3.8, 4) is 5.75 Å². The van der Waals surface area contributed by atoms with Crippen molar-refractivity contribution in [3.63, 3.8) is 0 Å². The number of aromatic hydroxyl groups is 1. The Balaban J connectivity index is 1.66. The van der Waals surface area contributed by atoms with Crippen LogP contribution >= 0.6 is 0 Å².